The molecule has 0 heterocycles. The minimum atomic E-state index is 0.736. The van der Waals surface area contributed by atoms with E-state index in [2.05, 4.69) is 43.3 Å². The first-order valence-corrected chi connectivity index (χ1v) is 6.42. The summed E-state index contributed by atoms with van der Waals surface area (Å²) in [6.07, 6.45) is 0.911. The van der Waals surface area contributed by atoms with E-state index >= 15 is 0 Å². The van der Waals surface area contributed by atoms with E-state index in [1.54, 1.807) is 0 Å². The number of hydrogen-bond donors (Lipinski definition) is 0. The SMILES string of the molecule is Cc1ccc2c3c(cccc13)-c1ccc(C=O)cc1-2. The van der Waals surface area contributed by atoms with Gasteiger partial charge in [0.25, 0.3) is 0 Å². The number of aldehydes is 1. The number of carbonyl (C=O) groups excluding carboxylic acids is 1. The van der Waals surface area contributed by atoms with Crippen LogP contribution in [0.5, 0.6) is 0 Å². The Morgan fingerprint density at radius 1 is 0.842 bits per heavy atom. The molecule has 0 bridgehead atoms. The first kappa shape index (κ1) is 10.5. The van der Waals surface area contributed by atoms with Gasteiger partial charge >= 0.3 is 0 Å². The van der Waals surface area contributed by atoms with E-state index in [4.69, 9.17) is 0 Å². The zero-order valence-electron chi connectivity index (χ0n) is 10.6. The highest BCUT2D eigenvalue weighted by Crippen LogP contribution is 2.47. The van der Waals surface area contributed by atoms with Gasteiger partial charge in [0.15, 0.2) is 0 Å². The zero-order valence-corrected chi connectivity index (χ0v) is 10.6. The molecule has 0 N–H and O–H groups in total. The Bertz CT molecular complexity index is 844. The smallest absolute Gasteiger partial charge is 0.150 e. The Labute approximate surface area is 111 Å². The fourth-order valence-electron chi connectivity index (χ4n) is 3.09. The zero-order chi connectivity index (χ0) is 13.0. The molecule has 1 aliphatic rings. The van der Waals surface area contributed by atoms with Crippen molar-refractivity contribution in [3.05, 3.63) is 59.7 Å². The summed E-state index contributed by atoms with van der Waals surface area (Å²) in [5.41, 5.74) is 6.97. The van der Waals surface area contributed by atoms with Gasteiger partial charge in [-0.25, -0.2) is 0 Å². The third kappa shape index (κ3) is 1.27. The summed E-state index contributed by atoms with van der Waals surface area (Å²) in [5.74, 6) is 0. The molecule has 0 saturated heterocycles. The quantitative estimate of drug-likeness (QED) is 0.447. The molecule has 0 radical (unpaired) electrons. The average Bonchev–Trinajstić information content (AvgIpc) is 2.78. The lowest BCUT2D eigenvalue weighted by Gasteiger charge is -2.04. The molecule has 1 aliphatic carbocycles. The van der Waals surface area contributed by atoms with Crippen molar-refractivity contribution in [3.8, 4) is 22.3 Å². The van der Waals surface area contributed by atoms with E-state index in [-0.39, 0.29) is 0 Å². The van der Waals surface area contributed by atoms with Gasteiger partial charge in [0, 0.05) is 5.56 Å². The summed E-state index contributed by atoms with van der Waals surface area (Å²) < 4.78 is 0. The van der Waals surface area contributed by atoms with Crippen LogP contribution in [0.4, 0.5) is 0 Å². The van der Waals surface area contributed by atoms with Crippen molar-refractivity contribution in [2.45, 2.75) is 6.92 Å². The van der Waals surface area contributed by atoms with Crippen LogP contribution in [0.3, 0.4) is 0 Å². The fraction of sp³-hybridized carbons (Fsp3) is 0.0556. The van der Waals surface area contributed by atoms with Crippen LogP contribution < -0.4 is 0 Å². The molecule has 0 aliphatic heterocycles. The van der Waals surface area contributed by atoms with Crippen molar-refractivity contribution >= 4 is 17.1 Å². The fourth-order valence-corrected chi connectivity index (χ4v) is 3.09. The second kappa shape index (κ2) is 3.55. The highest BCUT2D eigenvalue weighted by atomic mass is 16.1. The van der Waals surface area contributed by atoms with Crippen LogP contribution in [-0.2, 0) is 0 Å². The molecule has 19 heavy (non-hydrogen) atoms. The molecule has 1 nitrogen and oxygen atoms in total. The molecule has 0 atom stereocenters. The molecule has 0 unspecified atom stereocenters. The Kier molecular flexibility index (Phi) is 1.96. The van der Waals surface area contributed by atoms with Crippen LogP contribution in [0.1, 0.15) is 15.9 Å². The summed E-state index contributed by atoms with van der Waals surface area (Å²) in [4.78, 5) is 11.0. The van der Waals surface area contributed by atoms with Crippen molar-refractivity contribution in [2.75, 3.05) is 0 Å². The number of rotatable bonds is 1. The van der Waals surface area contributed by atoms with Gasteiger partial charge in [0.05, 0.1) is 0 Å². The normalized spacial score (nSPS) is 11.6. The minimum absolute atomic E-state index is 0.736. The maximum Gasteiger partial charge on any atom is 0.150 e. The van der Waals surface area contributed by atoms with Crippen molar-refractivity contribution in [1.82, 2.24) is 0 Å². The minimum Gasteiger partial charge on any atom is -0.298 e. The maximum atomic E-state index is 11.0. The summed E-state index contributed by atoms with van der Waals surface area (Å²) in [6.45, 7) is 2.14. The maximum absolute atomic E-state index is 11.0. The highest BCUT2D eigenvalue weighted by molar-refractivity contribution is 6.16. The number of benzene rings is 3. The summed E-state index contributed by atoms with van der Waals surface area (Å²) in [6, 6.07) is 16.7. The van der Waals surface area contributed by atoms with E-state index in [1.165, 1.54) is 38.6 Å². The predicted octanol–water partition coefficient (Wildman–Crippen LogP) is 4.61. The van der Waals surface area contributed by atoms with Crippen molar-refractivity contribution < 1.29 is 4.79 Å². The van der Waals surface area contributed by atoms with Crippen LogP contribution in [0.15, 0.2) is 48.5 Å². The first-order valence-electron chi connectivity index (χ1n) is 6.42. The molecule has 1 heteroatoms. The highest BCUT2D eigenvalue weighted by Gasteiger charge is 2.21. The predicted molar refractivity (Wildman–Crippen MR) is 78.5 cm³/mol. The van der Waals surface area contributed by atoms with Gasteiger partial charge < -0.3 is 0 Å². The van der Waals surface area contributed by atoms with Gasteiger partial charge in [-0.15, -0.1) is 0 Å². The topological polar surface area (TPSA) is 17.1 Å². The van der Waals surface area contributed by atoms with E-state index in [0.717, 1.165) is 11.8 Å². The van der Waals surface area contributed by atoms with Crippen LogP contribution in [0.25, 0.3) is 33.0 Å². The number of carbonyl (C=O) groups is 1. The molecule has 3 aromatic rings. The van der Waals surface area contributed by atoms with Crippen LogP contribution >= 0.6 is 0 Å². The average molecular weight is 244 g/mol. The van der Waals surface area contributed by atoms with Crippen LogP contribution in [-0.4, -0.2) is 6.29 Å². The molecular formula is C18H12O. The third-order valence-electron chi connectivity index (χ3n) is 4.02. The van der Waals surface area contributed by atoms with E-state index in [0.29, 0.717) is 0 Å². The second-order valence-electron chi connectivity index (χ2n) is 5.08. The molecule has 0 amide bonds. The molecule has 0 fully saturated rings. The van der Waals surface area contributed by atoms with E-state index < -0.39 is 0 Å². The monoisotopic (exact) mass is 244 g/mol. The van der Waals surface area contributed by atoms with Gasteiger partial charge in [-0.2, -0.15) is 0 Å². The Morgan fingerprint density at radius 3 is 2.47 bits per heavy atom. The van der Waals surface area contributed by atoms with E-state index in [9.17, 15) is 4.79 Å². The molecular weight excluding hydrogens is 232 g/mol. The number of aryl methyl sites for hydroxylation is 1. The van der Waals surface area contributed by atoms with Crippen LogP contribution in [0.2, 0.25) is 0 Å². The lowest BCUT2D eigenvalue weighted by Crippen LogP contribution is -1.82. The Morgan fingerprint density at radius 2 is 1.63 bits per heavy atom. The lowest BCUT2D eigenvalue weighted by atomic mass is 9.99. The molecule has 0 aromatic heterocycles. The summed E-state index contributed by atoms with van der Waals surface area (Å²) in [7, 11) is 0. The van der Waals surface area contributed by atoms with Gasteiger partial charge in [0.1, 0.15) is 6.29 Å². The number of hydrogen-bond acceptors (Lipinski definition) is 1. The van der Waals surface area contributed by atoms with Crippen LogP contribution in [0, 0.1) is 6.92 Å². The second-order valence-corrected chi connectivity index (χ2v) is 5.08. The largest absolute Gasteiger partial charge is 0.298 e. The first-order chi connectivity index (χ1) is 9.29. The molecule has 4 rings (SSSR count). The standard InChI is InChI=1S/C18H12O/c1-11-5-7-16-17-9-12(10-19)6-8-14(17)15-4-2-3-13(11)18(15)16/h2-10H,1H3. The lowest BCUT2D eigenvalue weighted by molar-refractivity contribution is 0.112. The third-order valence-corrected chi connectivity index (χ3v) is 4.02. The molecule has 90 valence electrons. The van der Waals surface area contributed by atoms with Gasteiger partial charge in [-0.05, 0) is 51.6 Å². The Balaban J connectivity index is 2.20. The Hall–Kier alpha value is -2.41. The van der Waals surface area contributed by atoms with Crippen molar-refractivity contribution in [2.24, 2.45) is 0 Å². The molecule has 0 saturated carbocycles. The summed E-state index contributed by atoms with van der Waals surface area (Å²) in [5, 5.41) is 2.62. The number of fused-ring (bicyclic) bond motifs is 3. The van der Waals surface area contributed by atoms with Gasteiger partial charge in [-0.3, -0.25) is 4.79 Å². The van der Waals surface area contributed by atoms with Crippen molar-refractivity contribution in [3.63, 3.8) is 0 Å². The molecule has 3 aromatic carbocycles. The molecule has 0 spiro atoms. The van der Waals surface area contributed by atoms with Gasteiger partial charge in [0.2, 0.25) is 0 Å². The summed E-state index contributed by atoms with van der Waals surface area (Å²) >= 11 is 0. The van der Waals surface area contributed by atoms with Gasteiger partial charge in [-0.1, -0.05) is 42.5 Å². The van der Waals surface area contributed by atoms with Crippen molar-refractivity contribution in [1.29, 1.82) is 0 Å². The van der Waals surface area contributed by atoms with E-state index in [1.807, 2.05) is 12.1 Å².